The van der Waals surface area contributed by atoms with Gasteiger partial charge >= 0.3 is 5.97 Å². The van der Waals surface area contributed by atoms with Crippen molar-refractivity contribution in [1.29, 1.82) is 10.5 Å². The molecule has 2 aromatic rings. The number of carbonyl (C=O) groups excluding carboxylic acids is 2. The molecule has 2 rings (SSSR count). The largest absolute Gasteiger partial charge is 0.493 e. The highest BCUT2D eigenvalue weighted by Gasteiger charge is 2.20. The van der Waals surface area contributed by atoms with Crippen molar-refractivity contribution in [2.24, 2.45) is 0 Å². The van der Waals surface area contributed by atoms with Gasteiger partial charge in [-0.05, 0) is 12.5 Å². The first-order valence-corrected chi connectivity index (χ1v) is 9.67. The average molecular weight is 441 g/mol. The summed E-state index contributed by atoms with van der Waals surface area (Å²) in [5, 5.41) is 21.4. The van der Waals surface area contributed by atoms with Gasteiger partial charge in [-0.1, -0.05) is 11.8 Å². The Labute approximate surface area is 182 Å². The number of carbonyl (C=O) groups is 2. The van der Waals surface area contributed by atoms with Crippen molar-refractivity contribution in [3.8, 4) is 23.6 Å². The lowest BCUT2D eigenvalue weighted by molar-refractivity contribution is -0.113. The number of ether oxygens (including phenoxy) is 3. The summed E-state index contributed by atoms with van der Waals surface area (Å²) in [6, 6.07) is 6.73. The van der Waals surface area contributed by atoms with Crippen LogP contribution in [-0.2, 0) is 9.53 Å². The number of nitrogens with two attached hydrogens (primary N) is 1. The van der Waals surface area contributed by atoms with Crippen LogP contribution in [0, 0.1) is 29.6 Å². The second kappa shape index (κ2) is 10.2. The van der Waals surface area contributed by atoms with Crippen LogP contribution < -0.4 is 20.5 Å². The third-order valence-electron chi connectivity index (χ3n) is 4.21. The Morgan fingerprint density at radius 3 is 2.29 bits per heavy atom. The van der Waals surface area contributed by atoms with E-state index >= 15 is 0 Å². The van der Waals surface area contributed by atoms with Gasteiger partial charge in [0.15, 0.2) is 11.5 Å². The van der Waals surface area contributed by atoms with Crippen LogP contribution in [0.5, 0.6) is 11.5 Å². The number of nitrogens with zero attached hydrogens (tertiary/aromatic N) is 3. The molecule has 0 aliphatic rings. The summed E-state index contributed by atoms with van der Waals surface area (Å²) >= 11 is 0.977. The Balaban J connectivity index is 2.29. The molecular weight excluding hydrogens is 422 g/mol. The molecule has 0 saturated carbocycles. The smallest absolute Gasteiger partial charge is 0.340 e. The standard InChI is InChI=1S/C20H19N5O5S/c1-10-12(7-21)18(23)25-19(13(10)8-22)31-9-17(26)24-14-6-16(29-3)15(28-2)5-11(14)20(27)30-4/h5-6H,9H2,1-4H3,(H2,23,25)(H,24,26). The van der Waals surface area contributed by atoms with Crippen molar-refractivity contribution in [2.45, 2.75) is 11.9 Å². The number of methoxy groups -OCH3 is 3. The number of aromatic nitrogens is 1. The molecule has 10 nitrogen and oxygen atoms in total. The Morgan fingerprint density at radius 1 is 1.13 bits per heavy atom. The highest BCUT2D eigenvalue weighted by atomic mass is 32.2. The van der Waals surface area contributed by atoms with Crippen molar-refractivity contribution in [2.75, 3.05) is 38.1 Å². The summed E-state index contributed by atoms with van der Waals surface area (Å²) in [5.41, 5.74) is 6.71. The minimum Gasteiger partial charge on any atom is -0.493 e. The predicted octanol–water partition coefficient (Wildman–Crippen LogP) is 2.25. The fraction of sp³-hybridized carbons (Fsp3) is 0.250. The number of esters is 1. The van der Waals surface area contributed by atoms with Gasteiger partial charge in [-0.2, -0.15) is 10.5 Å². The summed E-state index contributed by atoms with van der Waals surface area (Å²) in [6.07, 6.45) is 0. The van der Waals surface area contributed by atoms with Gasteiger partial charge in [-0.25, -0.2) is 9.78 Å². The van der Waals surface area contributed by atoms with Crippen LogP contribution in [0.4, 0.5) is 11.5 Å². The summed E-state index contributed by atoms with van der Waals surface area (Å²) in [6.45, 7) is 1.59. The van der Waals surface area contributed by atoms with E-state index in [1.165, 1.54) is 33.5 Å². The highest BCUT2D eigenvalue weighted by molar-refractivity contribution is 8.00. The number of benzene rings is 1. The molecule has 0 aliphatic carbocycles. The Kier molecular flexibility index (Phi) is 7.66. The lowest BCUT2D eigenvalue weighted by Gasteiger charge is -2.15. The maximum atomic E-state index is 12.5. The number of rotatable bonds is 7. The fourth-order valence-electron chi connectivity index (χ4n) is 2.66. The second-order valence-electron chi connectivity index (χ2n) is 5.98. The number of nitriles is 2. The fourth-order valence-corrected chi connectivity index (χ4v) is 3.50. The van der Waals surface area contributed by atoms with E-state index in [9.17, 15) is 14.9 Å². The van der Waals surface area contributed by atoms with Gasteiger partial charge < -0.3 is 25.3 Å². The Bertz CT molecular complexity index is 1120. The van der Waals surface area contributed by atoms with E-state index in [1.54, 1.807) is 6.92 Å². The van der Waals surface area contributed by atoms with E-state index in [0.717, 1.165) is 11.8 Å². The molecule has 1 aromatic heterocycles. The number of amides is 1. The number of nitrogens with one attached hydrogen (secondary N) is 1. The first-order valence-electron chi connectivity index (χ1n) is 8.68. The van der Waals surface area contributed by atoms with Crippen LogP contribution in [-0.4, -0.2) is 43.9 Å². The summed E-state index contributed by atoms with van der Waals surface area (Å²) in [7, 11) is 4.05. The van der Waals surface area contributed by atoms with Gasteiger partial charge in [0.05, 0.1) is 49.5 Å². The molecule has 11 heteroatoms. The van der Waals surface area contributed by atoms with E-state index in [2.05, 4.69) is 10.3 Å². The summed E-state index contributed by atoms with van der Waals surface area (Å²) < 4.78 is 15.2. The molecule has 0 spiro atoms. The molecule has 1 amide bonds. The topological polar surface area (TPSA) is 160 Å². The van der Waals surface area contributed by atoms with Crippen LogP contribution >= 0.6 is 11.8 Å². The van der Waals surface area contributed by atoms with Gasteiger partial charge in [0.25, 0.3) is 0 Å². The molecule has 1 aromatic carbocycles. The average Bonchev–Trinajstić information content (AvgIpc) is 2.76. The second-order valence-corrected chi connectivity index (χ2v) is 6.95. The summed E-state index contributed by atoms with van der Waals surface area (Å²) in [4.78, 5) is 28.7. The highest BCUT2D eigenvalue weighted by Crippen LogP contribution is 2.34. The molecule has 31 heavy (non-hydrogen) atoms. The number of anilines is 2. The molecule has 0 fully saturated rings. The Morgan fingerprint density at radius 2 is 1.74 bits per heavy atom. The van der Waals surface area contributed by atoms with Crippen molar-refractivity contribution in [3.05, 3.63) is 34.4 Å². The molecule has 0 aliphatic heterocycles. The van der Waals surface area contributed by atoms with E-state index < -0.39 is 11.9 Å². The number of pyridine rings is 1. The molecule has 0 atom stereocenters. The van der Waals surface area contributed by atoms with Crippen LogP contribution in [0.3, 0.4) is 0 Å². The normalized spacial score (nSPS) is 9.87. The lowest BCUT2D eigenvalue weighted by Crippen LogP contribution is -2.18. The zero-order valence-electron chi connectivity index (χ0n) is 17.2. The predicted molar refractivity (Wildman–Crippen MR) is 113 cm³/mol. The van der Waals surface area contributed by atoms with Crippen molar-refractivity contribution in [3.63, 3.8) is 0 Å². The number of hydrogen-bond donors (Lipinski definition) is 2. The van der Waals surface area contributed by atoms with E-state index in [0.29, 0.717) is 17.1 Å². The third kappa shape index (κ3) is 4.97. The zero-order chi connectivity index (χ0) is 23.1. The number of hydrogen-bond acceptors (Lipinski definition) is 10. The molecule has 3 N–H and O–H groups in total. The zero-order valence-corrected chi connectivity index (χ0v) is 18.0. The molecule has 0 saturated heterocycles. The van der Waals surface area contributed by atoms with Gasteiger partial charge in [0.2, 0.25) is 5.91 Å². The van der Waals surface area contributed by atoms with E-state index in [1.807, 2.05) is 12.1 Å². The molecule has 160 valence electrons. The maximum Gasteiger partial charge on any atom is 0.340 e. The lowest BCUT2D eigenvalue weighted by atomic mass is 10.1. The quantitative estimate of drug-likeness (QED) is 0.481. The third-order valence-corrected chi connectivity index (χ3v) is 5.18. The maximum absolute atomic E-state index is 12.5. The SMILES string of the molecule is COC(=O)c1cc(OC)c(OC)cc1NC(=O)CSc1nc(N)c(C#N)c(C)c1C#N. The molecule has 0 unspecified atom stereocenters. The van der Waals surface area contributed by atoms with Gasteiger partial charge in [0.1, 0.15) is 23.0 Å². The molecule has 0 radical (unpaired) electrons. The van der Waals surface area contributed by atoms with Gasteiger partial charge in [-0.15, -0.1) is 0 Å². The van der Waals surface area contributed by atoms with E-state index in [4.69, 9.17) is 25.2 Å². The minimum atomic E-state index is -0.673. The van der Waals surface area contributed by atoms with Crippen molar-refractivity contribution >= 4 is 35.1 Å². The van der Waals surface area contributed by atoms with Crippen LogP contribution in [0.25, 0.3) is 0 Å². The molecule has 1 heterocycles. The molecular formula is C20H19N5O5S. The first kappa shape index (κ1) is 23.3. The first-order chi connectivity index (χ1) is 14.8. The van der Waals surface area contributed by atoms with Crippen molar-refractivity contribution < 1.29 is 23.8 Å². The van der Waals surface area contributed by atoms with Crippen LogP contribution in [0.1, 0.15) is 27.0 Å². The summed E-state index contributed by atoms with van der Waals surface area (Å²) in [5.74, 6) is -0.707. The van der Waals surface area contributed by atoms with Crippen LogP contribution in [0.15, 0.2) is 17.2 Å². The number of thioether (sulfide) groups is 1. The Hall–Kier alpha value is -3.96. The van der Waals surface area contributed by atoms with Gasteiger partial charge in [0, 0.05) is 12.1 Å². The number of nitrogen functional groups attached to an aromatic ring is 1. The molecule has 0 bridgehead atoms. The van der Waals surface area contributed by atoms with Crippen molar-refractivity contribution in [1.82, 2.24) is 4.98 Å². The van der Waals surface area contributed by atoms with Gasteiger partial charge in [-0.3, -0.25) is 4.79 Å². The monoisotopic (exact) mass is 441 g/mol. The van der Waals surface area contributed by atoms with Crippen LogP contribution in [0.2, 0.25) is 0 Å². The van der Waals surface area contributed by atoms with E-state index in [-0.39, 0.29) is 39.0 Å². The minimum absolute atomic E-state index is 0.0187.